The van der Waals surface area contributed by atoms with Gasteiger partial charge in [0.05, 0.1) is 30.6 Å². The molecule has 2 aromatic rings. The fourth-order valence-electron chi connectivity index (χ4n) is 6.70. The van der Waals surface area contributed by atoms with Gasteiger partial charge in [-0.2, -0.15) is 0 Å². The monoisotopic (exact) mass is 597 g/mol. The number of alkyl halides is 1. The molecule has 8 nitrogen and oxygen atoms in total. The van der Waals surface area contributed by atoms with E-state index in [-0.39, 0.29) is 35.1 Å². The summed E-state index contributed by atoms with van der Waals surface area (Å²) in [5.74, 6) is -2.44. The van der Waals surface area contributed by atoms with E-state index in [4.69, 9.17) is 4.74 Å². The maximum Gasteiger partial charge on any atom is 0.250 e. The molecule has 2 aromatic carbocycles. The highest BCUT2D eigenvalue weighted by Crippen LogP contribution is 2.60. The maximum absolute atomic E-state index is 14.3. The first-order valence-corrected chi connectivity index (χ1v) is 14.5. The van der Waals surface area contributed by atoms with Crippen LogP contribution in [0.25, 0.3) is 0 Å². The van der Waals surface area contributed by atoms with Crippen LogP contribution < -0.4 is 10.6 Å². The fourth-order valence-corrected chi connectivity index (χ4v) is 7.64. The van der Waals surface area contributed by atoms with E-state index in [1.807, 2.05) is 64.1 Å². The number of likely N-dealkylation sites (tertiary alicyclic amines) is 1. The minimum absolute atomic E-state index is 0.175. The number of halogens is 1. The first-order chi connectivity index (χ1) is 18.6. The van der Waals surface area contributed by atoms with Crippen LogP contribution in [0.15, 0.2) is 48.5 Å². The Morgan fingerprint density at radius 3 is 2.51 bits per heavy atom. The Balaban J connectivity index is 1.55. The van der Waals surface area contributed by atoms with Crippen molar-refractivity contribution in [3.05, 3.63) is 59.7 Å². The van der Waals surface area contributed by atoms with Crippen molar-refractivity contribution < 1.29 is 24.2 Å². The van der Waals surface area contributed by atoms with Crippen molar-refractivity contribution in [1.82, 2.24) is 4.90 Å². The molecule has 3 aliphatic heterocycles. The Hall–Kier alpha value is -2.75. The first-order valence-electron chi connectivity index (χ1n) is 13.6. The van der Waals surface area contributed by atoms with E-state index in [0.29, 0.717) is 24.2 Å². The molecular weight excluding hydrogens is 562 g/mol. The number of aliphatic hydroxyl groups is 1. The van der Waals surface area contributed by atoms with Gasteiger partial charge in [0.1, 0.15) is 11.6 Å². The van der Waals surface area contributed by atoms with Crippen LogP contribution in [0, 0.1) is 31.6 Å². The number of carbonyl (C=O) groups is 3. The van der Waals surface area contributed by atoms with Crippen molar-refractivity contribution in [3.63, 3.8) is 0 Å². The summed E-state index contributed by atoms with van der Waals surface area (Å²) in [5.41, 5.74) is 1.99. The molecule has 3 N–H and O–H groups in total. The molecule has 208 valence electrons. The van der Waals surface area contributed by atoms with Crippen molar-refractivity contribution in [3.8, 4) is 0 Å². The summed E-state index contributed by atoms with van der Waals surface area (Å²) in [6.07, 6.45) is 0.364. The van der Waals surface area contributed by atoms with Gasteiger partial charge in [-0.3, -0.25) is 14.4 Å². The molecule has 1 spiro atoms. The zero-order valence-corrected chi connectivity index (χ0v) is 24.3. The minimum Gasteiger partial charge on any atom is -0.394 e. The van der Waals surface area contributed by atoms with Crippen LogP contribution in [-0.4, -0.2) is 63.0 Å². The van der Waals surface area contributed by atoms with Gasteiger partial charge in [0, 0.05) is 16.2 Å². The highest BCUT2D eigenvalue weighted by atomic mass is 79.9. The molecule has 3 unspecified atom stereocenters. The molecule has 0 aromatic heterocycles. The van der Waals surface area contributed by atoms with Gasteiger partial charge in [-0.25, -0.2) is 0 Å². The van der Waals surface area contributed by atoms with Crippen molar-refractivity contribution >= 4 is 45.0 Å². The number of hydrogen-bond acceptors (Lipinski definition) is 5. The summed E-state index contributed by atoms with van der Waals surface area (Å²) in [5, 5.41) is 16.4. The van der Waals surface area contributed by atoms with Gasteiger partial charge in [0.2, 0.25) is 17.7 Å². The zero-order chi connectivity index (χ0) is 28.1. The summed E-state index contributed by atoms with van der Waals surface area (Å²) >= 11 is 3.70. The van der Waals surface area contributed by atoms with Crippen LogP contribution in [-0.2, 0) is 19.1 Å². The van der Waals surface area contributed by atoms with Crippen LogP contribution in [0.2, 0.25) is 0 Å². The van der Waals surface area contributed by atoms with E-state index >= 15 is 0 Å². The summed E-state index contributed by atoms with van der Waals surface area (Å²) in [6.45, 7) is 7.61. The lowest BCUT2D eigenvalue weighted by molar-refractivity contribution is -0.143. The van der Waals surface area contributed by atoms with Crippen LogP contribution in [0.5, 0.6) is 0 Å². The van der Waals surface area contributed by atoms with Crippen molar-refractivity contribution in [2.75, 3.05) is 17.2 Å². The number of nitrogens with one attached hydrogen (secondary N) is 2. The van der Waals surface area contributed by atoms with Crippen LogP contribution in [0.3, 0.4) is 0 Å². The van der Waals surface area contributed by atoms with Crippen LogP contribution in [0.1, 0.15) is 37.8 Å². The van der Waals surface area contributed by atoms with E-state index < -0.39 is 35.6 Å². The second-order valence-corrected chi connectivity index (χ2v) is 12.7. The Labute approximate surface area is 237 Å². The molecule has 3 saturated heterocycles. The Morgan fingerprint density at radius 1 is 1.13 bits per heavy atom. The molecule has 3 aliphatic rings. The maximum atomic E-state index is 14.3. The van der Waals surface area contributed by atoms with Gasteiger partial charge in [0.15, 0.2) is 0 Å². The number of rotatable bonds is 8. The summed E-state index contributed by atoms with van der Waals surface area (Å²) in [7, 11) is 0. The molecule has 0 saturated carbocycles. The zero-order valence-electron chi connectivity index (χ0n) is 22.7. The number of amides is 3. The number of benzene rings is 2. The van der Waals surface area contributed by atoms with Gasteiger partial charge in [-0.15, -0.1) is 0 Å². The normalized spacial score (nSPS) is 30.0. The predicted molar refractivity (Wildman–Crippen MR) is 152 cm³/mol. The van der Waals surface area contributed by atoms with E-state index in [9.17, 15) is 19.5 Å². The minimum atomic E-state index is -1.19. The molecule has 0 radical (unpaired) electrons. The van der Waals surface area contributed by atoms with E-state index in [1.54, 1.807) is 12.1 Å². The molecule has 2 bridgehead atoms. The van der Waals surface area contributed by atoms with E-state index in [1.165, 1.54) is 4.90 Å². The second kappa shape index (κ2) is 10.7. The molecule has 0 aliphatic carbocycles. The SMILES string of the molecule is Cc1ccc(C)c(NC(=O)C2N([C@@H](CO)CC(C)C)C(=O)[C@@H]3[C@H](C(=O)Nc4ccccc4)[C@H]4OC23CC4Br)c1. The largest absolute Gasteiger partial charge is 0.394 e. The smallest absolute Gasteiger partial charge is 0.250 e. The lowest BCUT2D eigenvalue weighted by Crippen LogP contribution is -2.57. The number of anilines is 2. The summed E-state index contributed by atoms with van der Waals surface area (Å²) < 4.78 is 6.58. The topological polar surface area (TPSA) is 108 Å². The number of para-hydroxylation sites is 1. The van der Waals surface area contributed by atoms with Gasteiger partial charge in [-0.1, -0.05) is 60.1 Å². The summed E-state index contributed by atoms with van der Waals surface area (Å²) in [4.78, 5) is 43.4. The third kappa shape index (κ3) is 4.78. The number of carbonyl (C=O) groups excluding carboxylic acids is 3. The van der Waals surface area contributed by atoms with Crippen LogP contribution in [0.4, 0.5) is 11.4 Å². The van der Waals surface area contributed by atoms with E-state index in [0.717, 1.165) is 11.1 Å². The Kier molecular flexibility index (Phi) is 7.61. The standard InChI is InChI=1S/C30H36BrN3O5/c1-16(2)12-20(15-35)34-26(28(37)33-22-13-17(3)10-11-18(22)4)30-14-21(31)25(39-30)23(24(30)29(34)38)27(36)32-19-8-6-5-7-9-19/h5-11,13,16,20-21,23-26,35H,12,14-15H2,1-4H3,(H,32,36)(H,33,37)/t20-,21?,23+,24+,25+,26?,30?/m1/s1. The van der Waals surface area contributed by atoms with E-state index in [2.05, 4.69) is 26.6 Å². The predicted octanol–water partition coefficient (Wildman–Crippen LogP) is 4.04. The van der Waals surface area contributed by atoms with Gasteiger partial charge in [-0.05, 0) is 61.9 Å². The molecule has 3 fully saturated rings. The van der Waals surface area contributed by atoms with Crippen molar-refractivity contribution in [2.24, 2.45) is 17.8 Å². The fraction of sp³-hybridized carbons (Fsp3) is 0.500. The number of ether oxygens (including phenoxy) is 1. The number of aliphatic hydroxyl groups excluding tert-OH is 1. The molecule has 39 heavy (non-hydrogen) atoms. The average Bonchev–Trinajstić information content (AvgIpc) is 3.48. The molecular formula is C30H36BrN3O5. The highest BCUT2D eigenvalue weighted by molar-refractivity contribution is 9.09. The van der Waals surface area contributed by atoms with Crippen molar-refractivity contribution in [2.45, 2.75) is 69.2 Å². The Morgan fingerprint density at radius 2 is 1.85 bits per heavy atom. The Bertz CT molecular complexity index is 1270. The number of fused-ring (bicyclic) bond motifs is 1. The molecule has 3 amide bonds. The molecule has 9 heteroatoms. The van der Waals surface area contributed by atoms with Crippen LogP contribution >= 0.6 is 15.9 Å². The molecule has 7 atom stereocenters. The lowest BCUT2D eigenvalue weighted by Gasteiger charge is -2.37. The third-order valence-electron chi connectivity index (χ3n) is 8.32. The van der Waals surface area contributed by atoms with Gasteiger partial charge < -0.3 is 25.4 Å². The lowest BCUT2D eigenvalue weighted by atomic mass is 9.70. The molecule has 5 rings (SSSR count). The molecule has 3 heterocycles. The number of hydrogen-bond donors (Lipinski definition) is 3. The number of aryl methyl sites for hydroxylation is 2. The first kappa shape index (κ1) is 27.8. The van der Waals surface area contributed by atoms with Crippen molar-refractivity contribution in [1.29, 1.82) is 0 Å². The highest BCUT2D eigenvalue weighted by Gasteiger charge is 2.77. The third-order valence-corrected chi connectivity index (χ3v) is 9.16. The van der Waals surface area contributed by atoms with Gasteiger partial charge in [0.25, 0.3) is 0 Å². The quantitative estimate of drug-likeness (QED) is 0.398. The number of nitrogens with zero attached hydrogens (tertiary/aromatic N) is 1. The second-order valence-electron chi connectivity index (χ2n) is 11.5. The van der Waals surface area contributed by atoms with Gasteiger partial charge >= 0.3 is 0 Å². The summed E-state index contributed by atoms with van der Waals surface area (Å²) in [6, 6.07) is 13.3. The average molecular weight is 599 g/mol.